The monoisotopic (exact) mass is 269 g/mol. The molecule has 0 saturated heterocycles. The average molecular weight is 269 g/mol. The number of rotatable bonds is 1. The summed E-state index contributed by atoms with van der Waals surface area (Å²) >= 11 is 1.68. The predicted molar refractivity (Wildman–Crippen MR) is 70.8 cm³/mol. The molecule has 1 aromatic rings. The zero-order chi connectivity index (χ0) is 13.3. The Kier molecular flexibility index (Phi) is 3.64. The van der Waals surface area contributed by atoms with E-state index in [0.717, 1.165) is 12.0 Å². The molecule has 1 amide bonds. The molecule has 0 spiro atoms. The van der Waals surface area contributed by atoms with Gasteiger partial charge in [-0.1, -0.05) is 0 Å². The van der Waals surface area contributed by atoms with E-state index in [2.05, 4.69) is 0 Å². The van der Waals surface area contributed by atoms with Gasteiger partial charge in [0.2, 0.25) is 0 Å². The van der Waals surface area contributed by atoms with E-state index in [4.69, 9.17) is 4.74 Å². The van der Waals surface area contributed by atoms with E-state index in [0.29, 0.717) is 6.54 Å². The van der Waals surface area contributed by atoms with Crippen LogP contribution in [-0.2, 0) is 11.2 Å². The summed E-state index contributed by atoms with van der Waals surface area (Å²) in [7, 11) is 0. The lowest BCUT2D eigenvalue weighted by Gasteiger charge is -2.35. The van der Waals surface area contributed by atoms with Gasteiger partial charge in [0.1, 0.15) is 5.60 Å². The number of thiophene rings is 1. The molecule has 2 rings (SSSR count). The van der Waals surface area contributed by atoms with Crippen molar-refractivity contribution in [3.8, 4) is 0 Å². The molecule has 0 aromatic carbocycles. The lowest BCUT2D eigenvalue weighted by atomic mass is 10.0. The zero-order valence-electron chi connectivity index (χ0n) is 11.0. The normalized spacial score (nSPS) is 19.6. The number of hydrogen-bond donors (Lipinski definition) is 1. The summed E-state index contributed by atoms with van der Waals surface area (Å²) in [4.78, 5) is 15.0. The highest BCUT2D eigenvalue weighted by atomic mass is 32.1. The molecule has 18 heavy (non-hydrogen) atoms. The van der Waals surface area contributed by atoms with Gasteiger partial charge in [0.05, 0.1) is 12.6 Å². The van der Waals surface area contributed by atoms with Crippen LogP contribution in [0.3, 0.4) is 0 Å². The molecule has 5 heteroatoms. The Hall–Kier alpha value is -1.07. The van der Waals surface area contributed by atoms with Crippen molar-refractivity contribution in [2.45, 2.75) is 38.8 Å². The van der Waals surface area contributed by atoms with Crippen LogP contribution in [0.5, 0.6) is 0 Å². The zero-order valence-corrected chi connectivity index (χ0v) is 11.8. The highest BCUT2D eigenvalue weighted by Crippen LogP contribution is 2.33. The number of ether oxygens (including phenoxy) is 1. The lowest BCUT2D eigenvalue weighted by Crippen LogP contribution is -2.43. The Morgan fingerprint density at radius 3 is 2.94 bits per heavy atom. The number of carbonyl (C=O) groups excluding carboxylic acids is 1. The second kappa shape index (κ2) is 4.90. The van der Waals surface area contributed by atoms with E-state index in [9.17, 15) is 9.90 Å². The van der Waals surface area contributed by atoms with Gasteiger partial charge >= 0.3 is 6.09 Å². The molecule has 1 aromatic heterocycles. The molecule has 2 heterocycles. The first-order valence-corrected chi connectivity index (χ1v) is 6.97. The molecule has 1 atom stereocenters. The molecule has 100 valence electrons. The van der Waals surface area contributed by atoms with Crippen LogP contribution < -0.4 is 0 Å². The van der Waals surface area contributed by atoms with Crippen molar-refractivity contribution < 1.29 is 14.6 Å². The maximum atomic E-state index is 12.1. The van der Waals surface area contributed by atoms with Gasteiger partial charge in [-0.2, -0.15) is 0 Å². The molecule has 0 aliphatic carbocycles. The lowest BCUT2D eigenvalue weighted by molar-refractivity contribution is 0.00718. The third kappa shape index (κ3) is 2.67. The summed E-state index contributed by atoms with van der Waals surface area (Å²) in [5.41, 5.74) is 0.547. The van der Waals surface area contributed by atoms with Crippen LogP contribution in [-0.4, -0.2) is 34.9 Å². The van der Waals surface area contributed by atoms with Crippen LogP contribution in [0.1, 0.15) is 37.3 Å². The van der Waals surface area contributed by atoms with Gasteiger partial charge in [0, 0.05) is 11.4 Å². The molecule has 0 fully saturated rings. The van der Waals surface area contributed by atoms with Crippen molar-refractivity contribution in [3.63, 3.8) is 0 Å². The molecule has 4 nitrogen and oxygen atoms in total. The van der Waals surface area contributed by atoms with Crippen molar-refractivity contribution >= 4 is 17.4 Å². The van der Waals surface area contributed by atoms with Gasteiger partial charge in [-0.15, -0.1) is 11.3 Å². The fourth-order valence-electron chi connectivity index (χ4n) is 2.13. The van der Waals surface area contributed by atoms with Crippen molar-refractivity contribution in [2.75, 3.05) is 13.2 Å². The van der Waals surface area contributed by atoms with Crippen LogP contribution in [0.25, 0.3) is 0 Å². The van der Waals surface area contributed by atoms with Crippen molar-refractivity contribution in [1.29, 1.82) is 0 Å². The summed E-state index contributed by atoms with van der Waals surface area (Å²) in [5, 5.41) is 11.5. The first-order valence-electron chi connectivity index (χ1n) is 6.09. The first-order chi connectivity index (χ1) is 8.42. The van der Waals surface area contributed by atoms with E-state index in [1.807, 2.05) is 32.2 Å². The van der Waals surface area contributed by atoms with E-state index >= 15 is 0 Å². The maximum absolute atomic E-state index is 12.1. The largest absolute Gasteiger partial charge is 0.444 e. The molecule has 1 N–H and O–H groups in total. The van der Waals surface area contributed by atoms with Crippen LogP contribution in [0, 0.1) is 0 Å². The van der Waals surface area contributed by atoms with Gasteiger partial charge in [-0.25, -0.2) is 4.79 Å². The third-order valence-electron chi connectivity index (χ3n) is 2.90. The van der Waals surface area contributed by atoms with E-state index in [1.165, 1.54) is 4.88 Å². The van der Waals surface area contributed by atoms with Crippen molar-refractivity contribution in [1.82, 2.24) is 4.90 Å². The topological polar surface area (TPSA) is 49.8 Å². The number of carbonyl (C=O) groups is 1. The number of aliphatic hydroxyl groups is 1. The summed E-state index contributed by atoms with van der Waals surface area (Å²) in [6, 6.07) is 1.71. The number of hydrogen-bond acceptors (Lipinski definition) is 4. The summed E-state index contributed by atoms with van der Waals surface area (Å²) < 4.78 is 5.38. The molecule has 0 bridgehead atoms. The van der Waals surface area contributed by atoms with Crippen LogP contribution in [0.4, 0.5) is 4.79 Å². The fraction of sp³-hybridized carbons (Fsp3) is 0.615. The Morgan fingerprint density at radius 1 is 1.61 bits per heavy atom. The molecular formula is C13H19NO3S. The smallest absolute Gasteiger partial charge is 0.410 e. The molecule has 1 aliphatic heterocycles. The van der Waals surface area contributed by atoms with E-state index < -0.39 is 5.60 Å². The van der Waals surface area contributed by atoms with Gasteiger partial charge in [-0.3, -0.25) is 4.90 Å². The Morgan fingerprint density at radius 2 is 2.33 bits per heavy atom. The van der Waals surface area contributed by atoms with Crippen molar-refractivity contribution in [2.24, 2.45) is 0 Å². The van der Waals surface area contributed by atoms with Crippen LogP contribution >= 0.6 is 11.3 Å². The maximum Gasteiger partial charge on any atom is 0.410 e. The number of aliphatic hydroxyl groups excluding tert-OH is 1. The van der Waals surface area contributed by atoms with Crippen LogP contribution in [0.15, 0.2) is 11.4 Å². The SMILES string of the molecule is CC(C)(C)OC(=O)N1CCc2sccc2C1CO. The first kappa shape index (κ1) is 13.4. The highest BCUT2D eigenvalue weighted by Gasteiger charge is 2.33. The second-order valence-electron chi connectivity index (χ2n) is 5.42. The Labute approximate surface area is 111 Å². The van der Waals surface area contributed by atoms with Gasteiger partial charge in [-0.05, 0) is 44.2 Å². The van der Waals surface area contributed by atoms with E-state index in [-0.39, 0.29) is 18.7 Å². The Balaban J connectivity index is 2.17. The minimum atomic E-state index is -0.508. The number of nitrogens with zero attached hydrogens (tertiary/aromatic N) is 1. The summed E-state index contributed by atoms with van der Waals surface area (Å²) in [5.74, 6) is 0. The minimum Gasteiger partial charge on any atom is -0.444 e. The molecule has 0 saturated carbocycles. The van der Waals surface area contributed by atoms with Gasteiger partial charge < -0.3 is 9.84 Å². The van der Waals surface area contributed by atoms with Crippen molar-refractivity contribution in [3.05, 3.63) is 21.9 Å². The quantitative estimate of drug-likeness (QED) is 0.852. The second-order valence-corrected chi connectivity index (χ2v) is 6.42. The number of amides is 1. The fourth-order valence-corrected chi connectivity index (χ4v) is 3.06. The average Bonchev–Trinajstić information content (AvgIpc) is 2.72. The molecule has 0 radical (unpaired) electrons. The third-order valence-corrected chi connectivity index (χ3v) is 3.89. The van der Waals surface area contributed by atoms with Gasteiger partial charge in [0.25, 0.3) is 0 Å². The van der Waals surface area contributed by atoms with E-state index in [1.54, 1.807) is 16.2 Å². The minimum absolute atomic E-state index is 0.0665. The predicted octanol–water partition coefficient (Wildman–Crippen LogP) is 2.57. The standard InChI is InChI=1S/C13H19NO3S/c1-13(2,3)17-12(16)14-6-4-11-9(5-7-18-11)10(14)8-15/h5,7,10,15H,4,6,8H2,1-3H3. The molecule has 1 unspecified atom stereocenters. The molecular weight excluding hydrogens is 250 g/mol. The summed E-state index contributed by atoms with van der Waals surface area (Å²) in [6.45, 7) is 6.08. The van der Waals surface area contributed by atoms with Gasteiger partial charge in [0.15, 0.2) is 0 Å². The van der Waals surface area contributed by atoms with Crippen LogP contribution in [0.2, 0.25) is 0 Å². The summed E-state index contributed by atoms with van der Waals surface area (Å²) in [6.07, 6.45) is 0.487. The molecule has 1 aliphatic rings. The number of fused-ring (bicyclic) bond motifs is 1. The highest BCUT2D eigenvalue weighted by molar-refractivity contribution is 7.10. The Bertz CT molecular complexity index is 436.